The molecule has 1 saturated heterocycles. The number of amidine groups is 1. The summed E-state index contributed by atoms with van der Waals surface area (Å²) in [5.74, 6) is -2.53. The lowest BCUT2D eigenvalue weighted by molar-refractivity contribution is 0.0347. The number of aromatic nitrogens is 2. The molecule has 3 aromatic rings. The number of methoxy groups -OCH3 is 1. The van der Waals surface area contributed by atoms with Crippen LogP contribution in [0.1, 0.15) is 22.9 Å². The number of benzene rings is 2. The molecule has 10 heteroatoms. The fourth-order valence-electron chi connectivity index (χ4n) is 4.08. The van der Waals surface area contributed by atoms with E-state index in [1.807, 2.05) is 40.8 Å². The Balaban J connectivity index is 1.46. The van der Waals surface area contributed by atoms with Crippen LogP contribution in [0, 0.1) is 24.4 Å². The molecule has 7 nitrogen and oxygen atoms in total. The maximum Gasteiger partial charge on any atom is 0.211 e. The molecule has 0 N–H and O–H groups in total. The van der Waals surface area contributed by atoms with Gasteiger partial charge in [-0.15, -0.1) is 0 Å². The first-order valence-electron chi connectivity index (χ1n) is 10.6. The standard InChI is InChI=1S/C24H21F3N4O3/c1-14-11-30(13-28-14)19-4-3-15(7-21(19)32-2)8-22-24-29-34-12-20(31(24)5-6-33-22)16-9-17(25)23(27)18(26)10-16/h3-4,7-11,13,20H,5-6,12H2,1-2H3/b22-8-. The molecule has 1 atom stereocenters. The maximum atomic E-state index is 13.9. The Morgan fingerprint density at radius 1 is 1.15 bits per heavy atom. The first kappa shape index (κ1) is 21.9. The lowest BCUT2D eigenvalue weighted by atomic mass is 10.0. The summed E-state index contributed by atoms with van der Waals surface area (Å²) in [7, 11) is 1.59. The van der Waals surface area contributed by atoms with Gasteiger partial charge < -0.3 is 23.8 Å². The molecule has 2 aliphatic heterocycles. The van der Waals surface area contributed by atoms with Crippen molar-refractivity contribution in [1.29, 1.82) is 0 Å². The first-order valence-corrected chi connectivity index (χ1v) is 10.6. The van der Waals surface area contributed by atoms with Crippen LogP contribution >= 0.6 is 0 Å². The summed E-state index contributed by atoms with van der Waals surface area (Å²) >= 11 is 0. The third-order valence-corrected chi connectivity index (χ3v) is 5.72. The topological polar surface area (TPSA) is 61.1 Å². The minimum atomic E-state index is -1.50. The minimum absolute atomic E-state index is 0.0636. The number of rotatable bonds is 4. The summed E-state index contributed by atoms with van der Waals surface area (Å²) in [5.41, 5.74) is 2.76. The van der Waals surface area contributed by atoms with Crippen LogP contribution in [-0.2, 0) is 9.57 Å². The smallest absolute Gasteiger partial charge is 0.211 e. The molecule has 1 aromatic heterocycles. The number of halogens is 3. The van der Waals surface area contributed by atoms with Crippen LogP contribution in [-0.4, -0.2) is 47.2 Å². The number of nitrogens with zero attached hydrogens (tertiary/aromatic N) is 4. The van der Waals surface area contributed by atoms with Gasteiger partial charge in [0.25, 0.3) is 0 Å². The van der Waals surface area contributed by atoms with Crippen LogP contribution < -0.4 is 4.74 Å². The van der Waals surface area contributed by atoms with Gasteiger partial charge in [0.2, 0.25) is 5.84 Å². The molecule has 0 spiro atoms. The largest absolute Gasteiger partial charge is 0.495 e. The molecular formula is C24H21F3N4O3. The monoisotopic (exact) mass is 470 g/mol. The lowest BCUT2D eigenvalue weighted by Crippen LogP contribution is -2.46. The second-order valence-electron chi connectivity index (χ2n) is 7.93. The van der Waals surface area contributed by atoms with Crippen LogP contribution in [0.4, 0.5) is 13.2 Å². The van der Waals surface area contributed by atoms with Crippen LogP contribution in [0.25, 0.3) is 11.8 Å². The Bertz CT molecular complexity index is 1280. The molecule has 2 aliphatic rings. The fourth-order valence-corrected chi connectivity index (χ4v) is 4.08. The molecule has 2 aromatic carbocycles. The average Bonchev–Trinajstić information content (AvgIpc) is 3.28. The molecule has 1 unspecified atom stereocenters. The van der Waals surface area contributed by atoms with Gasteiger partial charge in [-0.2, -0.15) is 0 Å². The number of aryl methyl sites for hydroxylation is 1. The fraction of sp³-hybridized carbons (Fsp3) is 0.250. The zero-order valence-corrected chi connectivity index (χ0v) is 18.5. The van der Waals surface area contributed by atoms with E-state index < -0.39 is 23.5 Å². The van der Waals surface area contributed by atoms with Gasteiger partial charge in [0.05, 0.1) is 37.4 Å². The number of hydrogen-bond acceptors (Lipinski definition) is 6. The van der Waals surface area contributed by atoms with Gasteiger partial charge in [0, 0.05) is 6.20 Å². The SMILES string of the molecule is COc1cc(/C=C2\OCCN3C2=NOCC3c2cc(F)c(F)c(F)c2)ccc1-n1cnc(C)c1. The molecule has 5 rings (SSSR count). The van der Waals surface area contributed by atoms with Crippen molar-refractivity contribution in [2.75, 3.05) is 26.9 Å². The Hall–Kier alpha value is -3.95. The summed E-state index contributed by atoms with van der Waals surface area (Å²) in [6.45, 7) is 2.72. The Kier molecular flexibility index (Phi) is 5.64. The first-order chi connectivity index (χ1) is 16.4. The van der Waals surface area contributed by atoms with Crippen molar-refractivity contribution >= 4 is 11.9 Å². The van der Waals surface area contributed by atoms with Crippen molar-refractivity contribution in [3.8, 4) is 11.4 Å². The molecule has 176 valence electrons. The minimum Gasteiger partial charge on any atom is -0.495 e. The van der Waals surface area contributed by atoms with Gasteiger partial charge >= 0.3 is 0 Å². The van der Waals surface area contributed by atoms with E-state index in [2.05, 4.69) is 10.1 Å². The number of morpholine rings is 1. The van der Waals surface area contributed by atoms with E-state index in [-0.39, 0.29) is 12.2 Å². The Labute approximate surface area is 193 Å². The van der Waals surface area contributed by atoms with Crippen LogP contribution in [0.3, 0.4) is 0 Å². The lowest BCUT2D eigenvalue weighted by Gasteiger charge is -2.39. The Morgan fingerprint density at radius 2 is 1.94 bits per heavy atom. The van der Waals surface area contributed by atoms with E-state index in [0.29, 0.717) is 30.5 Å². The Morgan fingerprint density at radius 3 is 2.65 bits per heavy atom. The quantitative estimate of drug-likeness (QED) is 0.530. The molecule has 0 aliphatic carbocycles. The predicted molar refractivity (Wildman–Crippen MR) is 118 cm³/mol. The van der Waals surface area contributed by atoms with Crippen molar-refractivity contribution in [3.63, 3.8) is 0 Å². The zero-order chi connectivity index (χ0) is 23.8. The highest BCUT2D eigenvalue weighted by atomic mass is 19.2. The summed E-state index contributed by atoms with van der Waals surface area (Å²) in [6.07, 6.45) is 5.39. The normalized spacial score (nSPS) is 18.7. The van der Waals surface area contributed by atoms with Crippen LogP contribution in [0.2, 0.25) is 0 Å². The van der Waals surface area contributed by atoms with Crippen molar-refractivity contribution in [2.45, 2.75) is 13.0 Å². The van der Waals surface area contributed by atoms with Crippen molar-refractivity contribution in [1.82, 2.24) is 14.5 Å². The van der Waals surface area contributed by atoms with E-state index in [1.165, 1.54) is 0 Å². The highest BCUT2D eigenvalue weighted by Gasteiger charge is 2.35. The van der Waals surface area contributed by atoms with Crippen molar-refractivity contribution in [2.24, 2.45) is 5.16 Å². The molecule has 34 heavy (non-hydrogen) atoms. The van der Waals surface area contributed by atoms with Gasteiger partial charge in [0.1, 0.15) is 19.0 Å². The van der Waals surface area contributed by atoms with E-state index in [1.54, 1.807) is 19.5 Å². The van der Waals surface area contributed by atoms with E-state index >= 15 is 0 Å². The molecular weight excluding hydrogens is 449 g/mol. The van der Waals surface area contributed by atoms with Crippen LogP contribution in [0.15, 0.2) is 53.8 Å². The third kappa shape index (κ3) is 3.95. The van der Waals surface area contributed by atoms with E-state index in [4.69, 9.17) is 14.3 Å². The zero-order valence-electron chi connectivity index (χ0n) is 18.5. The van der Waals surface area contributed by atoms with Crippen LogP contribution in [0.5, 0.6) is 5.75 Å². The van der Waals surface area contributed by atoms with Gasteiger partial charge in [-0.25, -0.2) is 18.2 Å². The highest BCUT2D eigenvalue weighted by Crippen LogP contribution is 2.32. The molecule has 3 heterocycles. The summed E-state index contributed by atoms with van der Waals surface area (Å²) in [6, 6.07) is 7.07. The van der Waals surface area contributed by atoms with Gasteiger partial charge in [-0.1, -0.05) is 11.2 Å². The summed E-state index contributed by atoms with van der Waals surface area (Å²) in [4.78, 5) is 11.4. The number of imidazole rings is 1. The predicted octanol–water partition coefficient (Wildman–Crippen LogP) is 4.36. The summed E-state index contributed by atoms with van der Waals surface area (Å²) in [5, 5.41) is 4.12. The molecule has 0 amide bonds. The van der Waals surface area contributed by atoms with Gasteiger partial charge in [-0.05, 0) is 48.4 Å². The number of oxime groups is 1. The highest BCUT2D eigenvalue weighted by molar-refractivity contribution is 6.01. The number of fused-ring (bicyclic) bond motifs is 1. The number of hydrogen-bond donors (Lipinski definition) is 0. The maximum absolute atomic E-state index is 13.9. The van der Waals surface area contributed by atoms with E-state index in [9.17, 15) is 13.2 Å². The van der Waals surface area contributed by atoms with Crippen molar-refractivity contribution in [3.05, 3.63) is 82.9 Å². The summed E-state index contributed by atoms with van der Waals surface area (Å²) < 4.78 is 54.4. The molecule has 0 saturated carbocycles. The second-order valence-corrected chi connectivity index (χ2v) is 7.93. The third-order valence-electron chi connectivity index (χ3n) is 5.72. The van der Waals surface area contributed by atoms with Gasteiger partial charge in [0.15, 0.2) is 23.2 Å². The molecule has 0 radical (unpaired) electrons. The second kappa shape index (κ2) is 8.77. The molecule has 1 fully saturated rings. The van der Waals surface area contributed by atoms with E-state index in [0.717, 1.165) is 29.1 Å². The average molecular weight is 470 g/mol. The number of ether oxygens (including phenoxy) is 2. The van der Waals surface area contributed by atoms with Crippen molar-refractivity contribution < 1.29 is 27.5 Å². The molecule has 0 bridgehead atoms. The van der Waals surface area contributed by atoms with Gasteiger partial charge in [-0.3, -0.25) is 0 Å².